The Balaban J connectivity index is 1.60. The lowest BCUT2D eigenvalue weighted by atomic mass is 9.92. The average molecular weight is 330 g/mol. The molecule has 2 atom stereocenters. The van der Waals surface area contributed by atoms with Gasteiger partial charge in [0.25, 0.3) is 5.91 Å². The lowest BCUT2D eigenvalue weighted by Crippen LogP contribution is -2.30. The highest BCUT2D eigenvalue weighted by atomic mass is 16.4. The first-order valence-corrected chi connectivity index (χ1v) is 8.74. The number of aliphatic carboxylic acids is 1. The van der Waals surface area contributed by atoms with E-state index in [4.69, 9.17) is 0 Å². The van der Waals surface area contributed by atoms with Gasteiger partial charge in [0, 0.05) is 30.8 Å². The molecule has 1 aliphatic heterocycles. The predicted octanol–water partition coefficient (Wildman–Crippen LogP) is 2.02. The van der Waals surface area contributed by atoms with Crippen molar-refractivity contribution < 1.29 is 19.5 Å². The molecule has 2 N–H and O–H groups in total. The molecule has 2 heterocycles. The molecule has 2 aliphatic carbocycles. The van der Waals surface area contributed by atoms with Crippen molar-refractivity contribution in [1.29, 1.82) is 0 Å². The van der Waals surface area contributed by atoms with E-state index < -0.39 is 11.9 Å². The van der Waals surface area contributed by atoms with Crippen LogP contribution < -0.4 is 0 Å². The first kappa shape index (κ1) is 15.4. The molecule has 1 saturated heterocycles. The maximum atomic E-state index is 12.9. The summed E-state index contributed by atoms with van der Waals surface area (Å²) in [7, 11) is 0. The van der Waals surface area contributed by atoms with Crippen molar-refractivity contribution in [3.8, 4) is 0 Å². The summed E-state index contributed by atoms with van der Waals surface area (Å²) in [5.74, 6) is -0.817. The zero-order valence-electron chi connectivity index (χ0n) is 13.8. The number of amides is 1. The highest BCUT2D eigenvalue weighted by Crippen LogP contribution is 2.44. The number of carbonyl (C=O) groups is 3. The van der Waals surface area contributed by atoms with Crippen molar-refractivity contribution in [1.82, 2.24) is 9.88 Å². The lowest BCUT2D eigenvalue weighted by Gasteiger charge is -2.16. The van der Waals surface area contributed by atoms with Crippen LogP contribution >= 0.6 is 0 Å². The number of carboxylic acids is 1. The SMILES string of the molecule is Cc1c(C(=O)N2C[C@H](C(=O)O)[C@@H](C3CC3)C2)[nH]c2c1C(=O)CCC2. The number of carbonyl (C=O) groups excluding carboxylic acids is 2. The number of hydrogen-bond donors (Lipinski definition) is 2. The molecule has 0 radical (unpaired) electrons. The van der Waals surface area contributed by atoms with E-state index in [1.807, 2.05) is 6.92 Å². The Morgan fingerprint density at radius 3 is 2.58 bits per heavy atom. The fraction of sp³-hybridized carbons (Fsp3) is 0.611. The molecule has 0 spiro atoms. The summed E-state index contributed by atoms with van der Waals surface area (Å²) in [5.41, 5.74) is 2.73. The van der Waals surface area contributed by atoms with E-state index in [9.17, 15) is 19.5 Å². The molecular weight excluding hydrogens is 308 g/mol. The second-order valence-electron chi connectivity index (χ2n) is 7.41. The summed E-state index contributed by atoms with van der Waals surface area (Å²) in [6.45, 7) is 2.60. The van der Waals surface area contributed by atoms with Crippen molar-refractivity contribution in [3.05, 3.63) is 22.5 Å². The molecular formula is C18H22N2O4. The third-order valence-electron chi connectivity index (χ3n) is 5.85. The number of nitrogens with zero attached hydrogens (tertiary/aromatic N) is 1. The normalized spacial score (nSPS) is 26.5. The van der Waals surface area contributed by atoms with E-state index in [1.165, 1.54) is 0 Å². The molecule has 2 fully saturated rings. The highest BCUT2D eigenvalue weighted by molar-refractivity contribution is 6.04. The number of carboxylic acid groups (broad SMARTS) is 1. The molecule has 1 aromatic rings. The van der Waals surface area contributed by atoms with Gasteiger partial charge in [-0.2, -0.15) is 0 Å². The molecule has 4 rings (SSSR count). The van der Waals surface area contributed by atoms with Crippen LogP contribution in [0.3, 0.4) is 0 Å². The molecule has 0 unspecified atom stereocenters. The van der Waals surface area contributed by atoms with Crippen molar-refractivity contribution in [2.24, 2.45) is 17.8 Å². The van der Waals surface area contributed by atoms with Crippen molar-refractivity contribution in [2.45, 2.75) is 39.0 Å². The maximum Gasteiger partial charge on any atom is 0.308 e. The number of aromatic nitrogens is 1. The molecule has 6 heteroatoms. The van der Waals surface area contributed by atoms with Gasteiger partial charge < -0.3 is 15.0 Å². The van der Waals surface area contributed by atoms with Gasteiger partial charge in [0.1, 0.15) is 5.69 Å². The van der Waals surface area contributed by atoms with Crippen LogP contribution in [-0.4, -0.2) is 45.7 Å². The minimum atomic E-state index is -0.806. The number of fused-ring (bicyclic) bond motifs is 1. The molecule has 3 aliphatic rings. The number of aromatic amines is 1. The zero-order valence-corrected chi connectivity index (χ0v) is 13.8. The van der Waals surface area contributed by atoms with Gasteiger partial charge >= 0.3 is 5.97 Å². The minimum Gasteiger partial charge on any atom is -0.481 e. The second-order valence-corrected chi connectivity index (χ2v) is 7.41. The fourth-order valence-corrected chi connectivity index (χ4v) is 4.40. The average Bonchev–Trinajstić information content (AvgIpc) is 3.19. The van der Waals surface area contributed by atoms with Crippen LogP contribution in [0.5, 0.6) is 0 Å². The zero-order chi connectivity index (χ0) is 17.0. The number of H-pyrrole nitrogens is 1. The van der Waals surface area contributed by atoms with Crippen LogP contribution in [0.25, 0.3) is 0 Å². The number of aryl methyl sites for hydroxylation is 1. The van der Waals surface area contributed by atoms with Gasteiger partial charge in [0.2, 0.25) is 0 Å². The molecule has 24 heavy (non-hydrogen) atoms. The van der Waals surface area contributed by atoms with Gasteiger partial charge in [-0.25, -0.2) is 0 Å². The number of ketones is 1. The third kappa shape index (κ3) is 2.36. The Kier molecular flexibility index (Phi) is 3.51. The number of nitrogens with one attached hydrogen (secondary N) is 1. The minimum absolute atomic E-state index is 0.0676. The summed E-state index contributed by atoms with van der Waals surface area (Å²) in [4.78, 5) is 41.4. The molecule has 128 valence electrons. The summed E-state index contributed by atoms with van der Waals surface area (Å²) >= 11 is 0. The second kappa shape index (κ2) is 5.46. The number of rotatable bonds is 3. The standard InChI is InChI=1S/C18H22N2O4/c1-9-15-13(3-2-4-14(15)21)19-16(9)17(22)20-7-11(10-5-6-10)12(8-20)18(23)24/h10-12,19H,2-8H2,1H3,(H,23,24)/t11-,12+/m1/s1. The van der Waals surface area contributed by atoms with Crippen molar-refractivity contribution >= 4 is 17.7 Å². The molecule has 6 nitrogen and oxygen atoms in total. The van der Waals surface area contributed by atoms with E-state index in [1.54, 1.807) is 4.90 Å². The summed E-state index contributed by atoms with van der Waals surface area (Å²) < 4.78 is 0. The van der Waals surface area contributed by atoms with E-state index in [0.29, 0.717) is 30.1 Å². The largest absolute Gasteiger partial charge is 0.481 e. The van der Waals surface area contributed by atoms with E-state index in [0.717, 1.165) is 36.9 Å². The van der Waals surface area contributed by atoms with Crippen molar-refractivity contribution in [3.63, 3.8) is 0 Å². The first-order chi connectivity index (χ1) is 11.5. The van der Waals surface area contributed by atoms with Gasteiger partial charge in [0.15, 0.2) is 5.78 Å². The van der Waals surface area contributed by atoms with Crippen LogP contribution in [0.15, 0.2) is 0 Å². The van der Waals surface area contributed by atoms with E-state index in [-0.39, 0.29) is 24.2 Å². The van der Waals surface area contributed by atoms with E-state index >= 15 is 0 Å². The first-order valence-electron chi connectivity index (χ1n) is 8.74. The van der Waals surface area contributed by atoms with Crippen LogP contribution in [-0.2, 0) is 11.2 Å². The van der Waals surface area contributed by atoms with Crippen LogP contribution in [0.1, 0.15) is 57.8 Å². The van der Waals surface area contributed by atoms with Crippen LogP contribution in [0, 0.1) is 24.7 Å². The quantitative estimate of drug-likeness (QED) is 0.887. The van der Waals surface area contributed by atoms with Crippen LogP contribution in [0.2, 0.25) is 0 Å². The number of hydrogen-bond acceptors (Lipinski definition) is 3. The third-order valence-corrected chi connectivity index (χ3v) is 5.85. The lowest BCUT2D eigenvalue weighted by molar-refractivity contribution is -0.142. The summed E-state index contributed by atoms with van der Waals surface area (Å²) in [5, 5.41) is 9.46. The molecule has 1 saturated carbocycles. The number of likely N-dealkylation sites (tertiary alicyclic amines) is 1. The predicted molar refractivity (Wildman–Crippen MR) is 86.0 cm³/mol. The van der Waals surface area contributed by atoms with Crippen molar-refractivity contribution in [2.75, 3.05) is 13.1 Å². The maximum absolute atomic E-state index is 12.9. The Morgan fingerprint density at radius 1 is 1.21 bits per heavy atom. The Labute approximate surface area is 140 Å². The smallest absolute Gasteiger partial charge is 0.308 e. The van der Waals surface area contributed by atoms with Gasteiger partial charge in [-0.05, 0) is 50.0 Å². The summed E-state index contributed by atoms with van der Waals surface area (Å²) in [6, 6.07) is 0. The molecule has 0 aromatic carbocycles. The Hall–Kier alpha value is -2.11. The van der Waals surface area contributed by atoms with Gasteiger partial charge in [-0.1, -0.05) is 0 Å². The Bertz CT molecular complexity index is 732. The monoisotopic (exact) mass is 330 g/mol. The highest BCUT2D eigenvalue weighted by Gasteiger charge is 2.47. The van der Waals surface area contributed by atoms with Gasteiger partial charge in [0.05, 0.1) is 5.92 Å². The summed E-state index contributed by atoms with van der Waals surface area (Å²) in [6.07, 6.45) is 4.28. The van der Waals surface area contributed by atoms with Crippen LogP contribution in [0.4, 0.5) is 0 Å². The molecule has 1 amide bonds. The number of Topliss-reactive ketones (excluding diaryl/α,β-unsaturated/α-hetero) is 1. The Morgan fingerprint density at radius 2 is 1.96 bits per heavy atom. The molecule has 1 aromatic heterocycles. The van der Waals surface area contributed by atoms with E-state index in [2.05, 4.69) is 4.98 Å². The van der Waals surface area contributed by atoms with Gasteiger partial charge in [-0.15, -0.1) is 0 Å². The fourth-order valence-electron chi connectivity index (χ4n) is 4.40. The van der Waals surface area contributed by atoms with Gasteiger partial charge in [-0.3, -0.25) is 14.4 Å². The topological polar surface area (TPSA) is 90.5 Å². The molecule has 0 bridgehead atoms.